The summed E-state index contributed by atoms with van der Waals surface area (Å²) >= 11 is 0. The van der Waals surface area contributed by atoms with Gasteiger partial charge in [-0.05, 0) is 61.7 Å². The second-order valence-corrected chi connectivity index (χ2v) is 10.1. The van der Waals surface area contributed by atoms with Crippen molar-refractivity contribution in [2.75, 3.05) is 23.7 Å². The SMILES string of the molecule is CC(C)n1cnc([C@@H]2CN(S(C)(=O)=O)c3ccc(C(=O)NCCc4ccncc4)cc32)n1. The number of nitrogens with zero attached hydrogens (tertiary/aromatic N) is 5. The molecule has 0 radical (unpaired) electrons. The van der Waals surface area contributed by atoms with E-state index in [-0.39, 0.29) is 24.4 Å². The van der Waals surface area contributed by atoms with E-state index in [1.54, 1.807) is 41.6 Å². The molecule has 10 heteroatoms. The Morgan fingerprint density at radius 1 is 1.22 bits per heavy atom. The van der Waals surface area contributed by atoms with Crippen molar-refractivity contribution in [2.24, 2.45) is 0 Å². The standard InChI is InChI=1S/C22H26N6O3S/c1-15(2)27-14-25-21(26-27)19-13-28(32(3,30)31)20-5-4-17(12-18(19)20)22(29)24-11-8-16-6-9-23-10-7-16/h4-7,9-10,12,14-15,19H,8,11,13H2,1-3H3,(H,24,29)/t19-/m1/s1. The van der Waals surface area contributed by atoms with Crippen LogP contribution < -0.4 is 9.62 Å². The first kappa shape index (κ1) is 21.9. The second-order valence-electron chi connectivity index (χ2n) is 8.16. The highest BCUT2D eigenvalue weighted by Crippen LogP contribution is 2.40. The van der Waals surface area contributed by atoms with E-state index in [4.69, 9.17) is 0 Å². The Kier molecular flexibility index (Phi) is 5.96. The van der Waals surface area contributed by atoms with E-state index in [1.807, 2.05) is 26.0 Å². The lowest BCUT2D eigenvalue weighted by Crippen LogP contribution is -2.29. The van der Waals surface area contributed by atoms with Crippen molar-refractivity contribution >= 4 is 21.6 Å². The zero-order valence-corrected chi connectivity index (χ0v) is 19.1. The van der Waals surface area contributed by atoms with Crippen LogP contribution >= 0.6 is 0 Å². The van der Waals surface area contributed by atoms with Gasteiger partial charge in [0.1, 0.15) is 6.33 Å². The number of pyridine rings is 1. The van der Waals surface area contributed by atoms with Crippen molar-refractivity contribution < 1.29 is 13.2 Å². The molecule has 1 aliphatic rings. The Morgan fingerprint density at radius 2 is 1.97 bits per heavy atom. The molecule has 2 aromatic heterocycles. The van der Waals surface area contributed by atoms with Gasteiger partial charge in [0.2, 0.25) is 10.0 Å². The van der Waals surface area contributed by atoms with Crippen molar-refractivity contribution in [1.82, 2.24) is 25.1 Å². The van der Waals surface area contributed by atoms with E-state index < -0.39 is 10.0 Å². The highest BCUT2D eigenvalue weighted by Gasteiger charge is 2.37. The van der Waals surface area contributed by atoms with E-state index in [2.05, 4.69) is 20.4 Å². The number of sulfonamides is 1. The number of fused-ring (bicyclic) bond motifs is 1. The van der Waals surface area contributed by atoms with Crippen LogP contribution in [0.15, 0.2) is 49.1 Å². The quantitative estimate of drug-likeness (QED) is 0.586. The van der Waals surface area contributed by atoms with Gasteiger partial charge in [-0.1, -0.05) is 0 Å². The number of aromatic nitrogens is 4. The lowest BCUT2D eigenvalue weighted by atomic mass is 9.98. The third kappa shape index (κ3) is 4.50. The van der Waals surface area contributed by atoms with E-state index in [9.17, 15) is 13.2 Å². The first-order valence-corrected chi connectivity index (χ1v) is 12.3. The summed E-state index contributed by atoms with van der Waals surface area (Å²) < 4.78 is 27.9. The zero-order chi connectivity index (χ0) is 22.9. The largest absolute Gasteiger partial charge is 0.352 e. The number of hydrogen-bond donors (Lipinski definition) is 1. The number of carbonyl (C=O) groups is 1. The molecule has 0 saturated heterocycles. The molecule has 1 N–H and O–H groups in total. The molecule has 0 saturated carbocycles. The Labute approximate surface area is 187 Å². The minimum atomic E-state index is -3.48. The van der Waals surface area contributed by atoms with Crippen LogP contribution in [0, 0.1) is 0 Å². The third-order valence-electron chi connectivity index (χ3n) is 5.50. The topological polar surface area (TPSA) is 110 Å². The molecule has 32 heavy (non-hydrogen) atoms. The zero-order valence-electron chi connectivity index (χ0n) is 18.3. The van der Waals surface area contributed by atoms with Gasteiger partial charge in [0.15, 0.2) is 5.82 Å². The molecule has 0 aliphatic carbocycles. The molecule has 0 unspecified atom stereocenters. The lowest BCUT2D eigenvalue weighted by molar-refractivity contribution is 0.0954. The Morgan fingerprint density at radius 3 is 2.62 bits per heavy atom. The normalized spacial score (nSPS) is 15.8. The van der Waals surface area contributed by atoms with Gasteiger partial charge in [-0.2, -0.15) is 5.10 Å². The first-order valence-electron chi connectivity index (χ1n) is 10.4. The highest BCUT2D eigenvalue weighted by molar-refractivity contribution is 7.92. The Hall–Kier alpha value is -3.27. The summed E-state index contributed by atoms with van der Waals surface area (Å²) in [4.78, 5) is 21.2. The van der Waals surface area contributed by atoms with Gasteiger partial charge >= 0.3 is 0 Å². The number of benzene rings is 1. The maximum Gasteiger partial charge on any atom is 0.251 e. The predicted molar refractivity (Wildman–Crippen MR) is 121 cm³/mol. The molecule has 3 heterocycles. The lowest BCUT2D eigenvalue weighted by Gasteiger charge is -2.16. The summed E-state index contributed by atoms with van der Waals surface area (Å²) in [6.07, 6.45) is 6.97. The van der Waals surface area contributed by atoms with Gasteiger partial charge in [0.05, 0.1) is 17.9 Å². The maximum atomic E-state index is 12.8. The smallest absolute Gasteiger partial charge is 0.251 e. The van der Waals surface area contributed by atoms with Crippen molar-refractivity contribution in [2.45, 2.75) is 32.2 Å². The molecular weight excluding hydrogens is 428 g/mol. The predicted octanol–water partition coefficient (Wildman–Crippen LogP) is 2.14. The van der Waals surface area contributed by atoms with Gasteiger partial charge in [-0.25, -0.2) is 13.4 Å². The number of hydrogen-bond acceptors (Lipinski definition) is 6. The van der Waals surface area contributed by atoms with Crippen LogP contribution in [0.2, 0.25) is 0 Å². The van der Waals surface area contributed by atoms with Crippen LogP contribution in [0.4, 0.5) is 5.69 Å². The maximum absolute atomic E-state index is 12.8. The van der Waals surface area contributed by atoms with Gasteiger partial charge in [0.25, 0.3) is 5.91 Å². The van der Waals surface area contributed by atoms with Crippen molar-refractivity contribution in [3.8, 4) is 0 Å². The molecule has 9 nitrogen and oxygen atoms in total. The van der Waals surface area contributed by atoms with Gasteiger partial charge in [0, 0.05) is 37.1 Å². The van der Waals surface area contributed by atoms with E-state index in [0.29, 0.717) is 30.0 Å². The molecule has 1 amide bonds. The van der Waals surface area contributed by atoms with Gasteiger partial charge in [-0.15, -0.1) is 0 Å². The number of carbonyl (C=O) groups excluding carboxylic acids is 1. The molecule has 0 fully saturated rings. The summed E-state index contributed by atoms with van der Waals surface area (Å²) in [6.45, 7) is 4.69. The van der Waals surface area contributed by atoms with Crippen LogP contribution in [0.3, 0.4) is 0 Å². The summed E-state index contributed by atoms with van der Waals surface area (Å²) in [7, 11) is -3.48. The summed E-state index contributed by atoms with van der Waals surface area (Å²) in [6, 6.07) is 9.06. The molecule has 1 atom stereocenters. The molecule has 1 aromatic carbocycles. The van der Waals surface area contributed by atoms with Crippen LogP contribution in [-0.2, 0) is 16.4 Å². The molecule has 0 bridgehead atoms. The summed E-state index contributed by atoms with van der Waals surface area (Å²) in [5.41, 5.74) is 2.86. The molecule has 4 rings (SSSR count). The minimum absolute atomic E-state index is 0.139. The van der Waals surface area contributed by atoms with Crippen LogP contribution in [0.25, 0.3) is 0 Å². The van der Waals surface area contributed by atoms with Crippen molar-refractivity contribution in [3.63, 3.8) is 0 Å². The summed E-state index contributed by atoms with van der Waals surface area (Å²) in [5.74, 6) is -0.00952. The molecule has 0 spiro atoms. The second kappa shape index (κ2) is 8.70. The summed E-state index contributed by atoms with van der Waals surface area (Å²) in [5, 5.41) is 7.47. The number of amides is 1. The van der Waals surface area contributed by atoms with Gasteiger partial charge in [-0.3, -0.25) is 18.8 Å². The average molecular weight is 455 g/mol. The van der Waals surface area contributed by atoms with Crippen LogP contribution in [0.5, 0.6) is 0 Å². The number of nitrogens with one attached hydrogen (secondary N) is 1. The monoisotopic (exact) mass is 454 g/mol. The fraction of sp³-hybridized carbons (Fsp3) is 0.364. The van der Waals surface area contributed by atoms with Gasteiger partial charge < -0.3 is 5.32 Å². The van der Waals surface area contributed by atoms with Crippen LogP contribution in [0.1, 0.15) is 53.1 Å². The number of rotatable bonds is 7. The van der Waals surface area contributed by atoms with Crippen LogP contribution in [-0.4, -0.2) is 53.4 Å². The molecule has 3 aromatic rings. The molecule has 1 aliphatic heterocycles. The Bertz CT molecular complexity index is 1220. The van der Waals surface area contributed by atoms with E-state index >= 15 is 0 Å². The fourth-order valence-corrected chi connectivity index (χ4v) is 4.71. The highest BCUT2D eigenvalue weighted by atomic mass is 32.2. The van der Waals surface area contributed by atoms with E-state index in [1.165, 1.54) is 10.6 Å². The third-order valence-corrected chi connectivity index (χ3v) is 6.64. The first-order chi connectivity index (χ1) is 15.2. The molecular formula is C22H26N6O3S. The fourth-order valence-electron chi connectivity index (χ4n) is 3.77. The Balaban J connectivity index is 1.58. The van der Waals surface area contributed by atoms with Crippen molar-refractivity contribution in [3.05, 3.63) is 71.6 Å². The minimum Gasteiger partial charge on any atom is -0.352 e. The number of anilines is 1. The molecule has 168 valence electrons. The van der Waals surface area contributed by atoms with E-state index in [0.717, 1.165) is 11.1 Å². The average Bonchev–Trinajstić information content (AvgIpc) is 3.39. The van der Waals surface area contributed by atoms with Crippen molar-refractivity contribution in [1.29, 1.82) is 0 Å².